The van der Waals surface area contributed by atoms with Crippen LogP contribution in [-0.4, -0.2) is 30.5 Å². The summed E-state index contributed by atoms with van der Waals surface area (Å²) in [5.41, 5.74) is 7.03. The highest BCUT2D eigenvalue weighted by Crippen LogP contribution is 2.13. The van der Waals surface area contributed by atoms with Gasteiger partial charge in [-0.3, -0.25) is 4.79 Å². The third kappa shape index (κ3) is 5.10. The van der Waals surface area contributed by atoms with Gasteiger partial charge in [-0.25, -0.2) is 0 Å². The molecule has 2 atom stereocenters. The molecule has 1 aromatic carbocycles. The summed E-state index contributed by atoms with van der Waals surface area (Å²) in [4.78, 5) is 11.7. The predicted octanol–water partition coefficient (Wildman–Crippen LogP) is 1.99. The van der Waals surface area contributed by atoms with Crippen molar-refractivity contribution in [3.8, 4) is 0 Å². The summed E-state index contributed by atoms with van der Waals surface area (Å²) in [6.07, 6.45) is 2.74. The molecule has 0 aliphatic rings. The van der Waals surface area contributed by atoms with Gasteiger partial charge < -0.3 is 11.1 Å². The molecule has 1 rings (SSSR count). The van der Waals surface area contributed by atoms with Crippen LogP contribution in [0.15, 0.2) is 30.3 Å². The zero-order valence-corrected chi connectivity index (χ0v) is 11.9. The molecule has 0 bridgehead atoms. The molecule has 1 aromatic rings. The summed E-state index contributed by atoms with van der Waals surface area (Å²) in [7, 11) is 0. The average molecular weight is 266 g/mol. The third-order valence-corrected chi connectivity index (χ3v) is 3.56. The topological polar surface area (TPSA) is 55.1 Å². The number of carbonyl (C=O) groups is 1. The highest BCUT2D eigenvalue weighted by molar-refractivity contribution is 7.98. The molecule has 0 saturated carbocycles. The summed E-state index contributed by atoms with van der Waals surface area (Å²) >= 11 is 1.71. The number of rotatable bonds is 7. The fraction of sp³-hybridized carbons (Fsp3) is 0.500. The van der Waals surface area contributed by atoms with Crippen molar-refractivity contribution in [2.24, 2.45) is 5.73 Å². The van der Waals surface area contributed by atoms with Gasteiger partial charge in [0.05, 0.1) is 6.04 Å². The Morgan fingerprint density at radius 3 is 2.67 bits per heavy atom. The van der Waals surface area contributed by atoms with E-state index in [1.165, 1.54) is 5.56 Å². The lowest BCUT2D eigenvalue weighted by Gasteiger charge is -2.15. The molecule has 3 N–H and O–H groups in total. The van der Waals surface area contributed by atoms with Crippen LogP contribution >= 0.6 is 11.8 Å². The van der Waals surface area contributed by atoms with Crippen LogP contribution in [0.3, 0.4) is 0 Å². The van der Waals surface area contributed by atoms with E-state index in [1.54, 1.807) is 11.8 Å². The number of hydrogen-bond acceptors (Lipinski definition) is 3. The molecule has 0 aliphatic heterocycles. The van der Waals surface area contributed by atoms with E-state index in [9.17, 15) is 4.79 Å². The maximum absolute atomic E-state index is 11.7. The van der Waals surface area contributed by atoms with E-state index in [4.69, 9.17) is 5.73 Å². The van der Waals surface area contributed by atoms with Crippen LogP contribution in [0, 0.1) is 0 Å². The molecular weight excluding hydrogens is 244 g/mol. The SMILES string of the molecule is CSCC[C@H](N)C(=O)NCC(C)c1ccccc1. The molecule has 0 aromatic heterocycles. The van der Waals surface area contributed by atoms with Crippen molar-refractivity contribution in [2.45, 2.75) is 25.3 Å². The van der Waals surface area contributed by atoms with Gasteiger partial charge in [0.15, 0.2) is 0 Å². The molecule has 0 radical (unpaired) electrons. The van der Waals surface area contributed by atoms with E-state index in [1.807, 2.05) is 24.5 Å². The van der Waals surface area contributed by atoms with Crippen LogP contribution in [-0.2, 0) is 4.79 Å². The van der Waals surface area contributed by atoms with Crippen molar-refractivity contribution in [3.63, 3.8) is 0 Å². The number of thioether (sulfide) groups is 1. The van der Waals surface area contributed by atoms with Crippen LogP contribution in [0.1, 0.15) is 24.8 Å². The summed E-state index contributed by atoms with van der Waals surface area (Å²) in [6.45, 7) is 2.73. The van der Waals surface area contributed by atoms with Crippen molar-refractivity contribution < 1.29 is 4.79 Å². The molecule has 0 spiro atoms. The minimum Gasteiger partial charge on any atom is -0.354 e. The second-order valence-electron chi connectivity index (χ2n) is 4.44. The molecular formula is C14H22N2OS. The van der Waals surface area contributed by atoms with E-state index in [2.05, 4.69) is 24.4 Å². The molecule has 0 heterocycles. The smallest absolute Gasteiger partial charge is 0.236 e. The van der Waals surface area contributed by atoms with Gasteiger partial charge >= 0.3 is 0 Å². The standard InChI is InChI=1S/C14H22N2OS/c1-11(12-6-4-3-5-7-12)10-16-14(17)13(15)8-9-18-2/h3-7,11,13H,8-10,15H2,1-2H3,(H,16,17)/t11?,13-/m0/s1. The average Bonchev–Trinajstić information content (AvgIpc) is 2.42. The van der Waals surface area contributed by atoms with Gasteiger partial charge in [-0.15, -0.1) is 0 Å². The van der Waals surface area contributed by atoms with Gasteiger partial charge in [-0.1, -0.05) is 37.3 Å². The Kier molecular flexibility index (Phi) is 6.83. The number of nitrogens with one attached hydrogen (secondary N) is 1. The van der Waals surface area contributed by atoms with Crippen molar-refractivity contribution in [1.82, 2.24) is 5.32 Å². The first kappa shape index (κ1) is 15.1. The largest absolute Gasteiger partial charge is 0.354 e. The van der Waals surface area contributed by atoms with Gasteiger partial charge in [0.1, 0.15) is 0 Å². The zero-order chi connectivity index (χ0) is 13.4. The maximum Gasteiger partial charge on any atom is 0.236 e. The summed E-state index contributed by atoms with van der Waals surface area (Å²) in [5.74, 6) is 1.18. The molecule has 0 saturated heterocycles. The Hall–Kier alpha value is -1.00. The number of carbonyl (C=O) groups excluding carboxylic acids is 1. The normalized spacial score (nSPS) is 13.9. The molecule has 0 aliphatic carbocycles. The molecule has 4 heteroatoms. The highest BCUT2D eigenvalue weighted by Gasteiger charge is 2.13. The quantitative estimate of drug-likeness (QED) is 0.793. The third-order valence-electron chi connectivity index (χ3n) is 2.92. The molecule has 0 fully saturated rings. The Balaban J connectivity index is 2.34. The molecule has 18 heavy (non-hydrogen) atoms. The van der Waals surface area contributed by atoms with Crippen molar-refractivity contribution in [2.75, 3.05) is 18.6 Å². The fourth-order valence-electron chi connectivity index (χ4n) is 1.66. The predicted molar refractivity (Wildman–Crippen MR) is 78.8 cm³/mol. The lowest BCUT2D eigenvalue weighted by Crippen LogP contribution is -2.42. The van der Waals surface area contributed by atoms with Crippen LogP contribution in [0.4, 0.5) is 0 Å². The monoisotopic (exact) mass is 266 g/mol. The van der Waals surface area contributed by atoms with E-state index in [0.717, 1.165) is 12.2 Å². The first-order chi connectivity index (χ1) is 8.65. The van der Waals surface area contributed by atoms with Crippen molar-refractivity contribution >= 4 is 17.7 Å². The summed E-state index contributed by atoms with van der Waals surface area (Å²) < 4.78 is 0. The maximum atomic E-state index is 11.7. The Morgan fingerprint density at radius 2 is 2.06 bits per heavy atom. The number of amides is 1. The minimum atomic E-state index is -0.388. The lowest BCUT2D eigenvalue weighted by molar-refractivity contribution is -0.122. The van der Waals surface area contributed by atoms with E-state index < -0.39 is 0 Å². The first-order valence-electron chi connectivity index (χ1n) is 6.22. The second kappa shape index (κ2) is 8.16. The van der Waals surface area contributed by atoms with Crippen LogP contribution in [0.2, 0.25) is 0 Å². The molecule has 1 unspecified atom stereocenters. The van der Waals surface area contributed by atoms with Gasteiger partial charge in [-0.05, 0) is 29.9 Å². The van der Waals surface area contributed by atoms with Crippen LogP contribution < -0.4 is 11.1 Å². The van der Waals surface area contributed by atoms with Crippen molar-refractivity contribution in [1.29, 1.82) is 0 Å². The Morgan fingerprint density at radius 1 is 1.39 bits per heavy atom. The second-order valence-corrected chi connectivity index (χ2v) is 5.43. The van der Waals surface area contributed by atoms with Gasteiger partial charge in [0, 0.05) is 6.54 Å². The minimum absolute atomic E-state index is 0.0492. The summed E-state index contributed by atoms with van der Waals surface area (Å²) in [5, 5.41) is 2.92. The van der Waals surface area contributed by atoms with Gasteiger partial charge in [-0.2, -0.15) is 11.8 Å². The van der Waals surface area contributed by atoms with E-state index in [0.29, 0.717) is 12.5 Å². The molecule has 100 valence electrons. The molecule has 1 amide bonds. The number of nitrogens with two attached hydrogens (primary N) is 1. The van der Waals surface area contributed by atoms with Gasteiger partial charge in [0.2, 0.25) is 5.91 Å². The number of hydrogen-bond donors (Lipinski definition) is 2. The highest BCUT2D eigenvalue weighted by atomic mass is 32.2. The Labute approximate surface area is 114 Å². The van der Waals surface area contributed by atoms with Crippen LogP contribution in [0.25, 0.3) is 0 Å². The van der Waals surface area contributed by atoms with E-state index in [-0.39, 0.29) is 11.9 Å². The number of benzene rings is 1. The summed E-state index contributed by atoms with van der Waals surface area (Å²) in [6, 6.07) is 9.78. The first-order valence-corrected chi connectivity index (χ1v) is 7.61. The zero-order valence-electron chi connectivity index (χ0n) is 11.1. The van der Waals surface area contributed by atoms with Gasteiger partial charge in [0.25, 0.3) is 0 Å². The fourth-order valence-corrected chi connectivity index (χ4v) is 2.15. The van der Waals surface area contributed by atoms with E-state index >= 15 is 0 Å². The Bertz CT molecular complexity index is 356. The van der Waals surface area contributed by atoms with Crippen molar-refractivity contribution in [3.05, 3.63) is 35.9 Å². The van der Waals surface area contributed by atoms with Crippen LogP contribution in [0.5, 0.6) is 0 Å². The lowest BCUT2D eigenvalue weighted by atomic mass is 10.0. The molecule has 3 nitrogen and oxygen atoms in total.